The Bertz CT molecular complexity index is 569. The van der Waals surface area contributed by atoms with Crippen LogP contribution in [0.1, 0.15) is 23.4 Å². The van der Waals surface area contributed by atoms with Gasteiger partial charge in [0.1, 0.15) is 5.76 Å². The number of rotatable bonds is 5. The molecule has 0 bridgehead atoms. The molecule has 0 radical (unpaired) electrons. The van der Waals surface area contributed by atoms with Gasteiger partial charge in [0, 0.05) is 57.2 Å². The number of amides is 1. The predicted octanol–water partition coefficient (Wildman–Crippen LogP) is 0.989. The van der Waals surface area contributed by atoms with E-state index >= 15 is 0 Å². The second-order valence-corrected chi connectivity index (χ2v) is 7.05. The minimum atomic E-state index is -0.125. The van der Waals surface area contributed by atoms with Gasteiger partial charge in [-0.25, -0.2) is 0 Å². The van der Waals surface area contributed by atoms with E-state index in [4.69, 9.17) is 14.0 Å². The first-order valence-electron chi connectivity index (χ1n) is 8.51. The molecule has 3 heterocycles. The number of nitrogens with zero attached hydrogens (tertiary/aromatic N) is 3. The number of carbonyl (C=O) groups excluding carboxylic acids is 1. The van der Waals surface area contributed by atoms with E-state index in [0.717, 1.165) is 43.2 Å². The maximum Gasteiger partial charge on any atom is 0.223 e. The van der Waals surface area contributed by atoms with Gasteiger partial charge in [0.2, 0.25) is 5.91 Å². The Hall–Kier alpha value is -1.44. The quantitative estimate of drug-likeness (QED) is 0.798. The van der Waals surface area contributed by atoms with Crippen molar-refractivity contribution in [3.05, 3.63) is 17.0 Å². The highest BCUT2D eigenvalue weighted by atomic mass is 16.5. The first kappa shape index (κ1) is 17.4. The number of aromatic nitrogens is 1. The molecule has 2 aliphatic rings. The van der Waals surface area contributed by atoms with Crippen LogP contribution >= 0.6 is 0 Å². The van der Waals surface area contributed by atoms with Gasteiger partial charge >= 0.3 is 0 Å². The highest BCUT2D eigenvalue weighted by Gasteiger charge is 2.45. The van der Waals surface area contributed by atoms with Gasteiger partial charge in [-0.15, -0.1) is 0 Å². The number of aryl methyl sites for hydroxylation is 2. The van der Waals surface area contributed by atoms with E-state index < -0.39 is 0 Å². The Kier molecular flexibility index (Phi) is 5.22. The van der Waals surface area contributed by atoms with Crippen LogP contribution in [0.2, 0.25) is 0 Å². The van der Waals surface area contributed by atoms with Gasteiger partial charge in [-0.05, 0) is 13.8 Å². The largest absolute Gasteiger partial charge is 0.383 e. The van der Waals surface area contributed by atoms with Gasteiger partial charge in [-0.2, -0.15) is 0 Å². The molecule has 1 aromatic heterocycles. The lowest BCUT2D eigenvalue weighted by Gasteiger charge is -2.31. The lowest BCUT2D eigenvalue weighted by atomic mass is 9.87. The van der Waals surface area contributed by atoms with Crippen molar-refractivity contribution in [2.45, 2.75) is 26.8 Å². The lowest BCUT2D eigenvalue weighted by molar-refractivity contribution is -0.128. The molecule has 1 amide bonds. The summed E-state index contributed by atoms with van der Waals surface area (Å²) in [4.78, 5) is 16.6. The summed E-state index contributed by atoms with van der Waals surface area (Å²) >= 11 is 0. The van der Waals surface area contributed by atoms with E-state index in [1.807, 2.05) is 18.7 Å². The van der Waals surface area contributed by atoms with E-state index in [-0.39, 0.29) is 11.3 Å². The molecule has 24 heavy (non-hydrogen) atoms. The van der Waals surface area contributed by atoms with Crippen molar-refractivity contribution in [1.82, 2.24) is 15.0 Å². The minimum Gasteiger partial charge on any atom is -0.383 e. The third-order valence-electron chi connectivity index (χ3n) is 5.05. The Balaban J connectivity index is 1.70. The average molecular weight is 337 g/mol. The van der Waals surface area contributed by atoms with Gasteiger partial charge < -0.3 is 18.9 Å². The third kappa shape index (κ3) is 3.63. The molecule has 1 atom stereocenters. The number of hydrogen-bond donors (Lipinski definition) is 0. The molecule has 0 aliphatic carbocycles. The fraction of sp³-hybridized carbons (Fsp3) is 0.765. The van der Waals surface area contributed by atoms with Crippen molar-refractivity contribution in [3.8, 4) is 0 Å². The molecule has 1 spiro atoms. The summed E-state index contributed by atoms with van der Waals surface area (Å²) in [6.07, 6.45) is 0.550. The van der Waals surface area contributed by atoms with Crippen LogP contribution in [-0.2, 0) is 20.8 Å². The van der Waals surface area contributed by atoms with E-state index in [2.05, 4.69) is 10.1 Å². The lowest BCUT2D eigenvalue weighted by Crippen LogP contribution is -2.41. The molecule has 7 heteroatoms. The molecule has 2 fully saturated rings. The van der Waals surface area contributed by atoms with Crippen molar-refractivity contribution in [2.75, 3.05) is 53.1 Å². The van der Waals surface area contributed by atoms with Crippen molar-refractivity contribution in [3.63, 3.8) is 0 Å². The molecule has 0 N–H and O–H groups in total. The van der Waals surface area contributed by atoms with Crippen LogP contribution in [0.15, 0.2) is 4.52 Å². The highest BCUT2D eigenvalue weighted by Crippen LogP contribution is 2.34. The molecule has 7 nitrogen and oxygen atoms in total. The summed E-state index contributed by atoms with van der Waals surface area (Å²) in [6.45, 7) is 9.73. The van der Waals surface area contributed by atoms with Crippen molar-refractivity contribution in [1.29, 1.82) is 0 Å². The fourth-order valence-electron chi connectivity index (χ4n) is 3.76. The highest BCUT2D eigenvalue weighted by molar-refractivity contribution is 5.79. The Labute approximate surface area is 142 Å². The Morgan fingerprint density at radius 3 is 2.88 bits per heavy atom. The summed E-state index contributed by atoms with van der Waals surface area (Å²) in [5.74, 6) is 1.07. The first-order chi connectivity index (χ1) is 11.5. The number of methoxy groups -OCH3 is 1. The van der Waals surface area contributed by atoms with Crippen LogP contribution < -0.4 is 0 Å². The molecule has 1 aromatic rings. The molecule has 1 unspecified atom stereocenters. The molecular weight excluding hydrogens is 310 g/mol. The zero-order valence-corrected chi connectivity index (χ0v) is 14.8. The Morgan fingerprint density at radius 1 is 1.33 bits per heavy atom. The molecule has 0 aromatic carbocycles. The number of carbonyl (C=O) groups is 1. The number of ether oxygens (including phenoxy) is 2. The van der Waals surface area contributed by atoms with Crippen molar-refractivity contribution < 1.29 is 18.8 Å². The monoisotopic (exact) mass is 337 g/mol. The Morgan fingerprint density at radius 2 is 2.17 bits per heavy atom. The van der Waals surface area contributed by atoms with Crippen LogP contribution in [0, 0.1) is 19.3 Å². The SMILES string of the molecule is COCCN1CC2(COCCN(Cc3c(C)noc3C)C2)CC1=O. The van der Waals surface area contributed by atoms with Crippen LogP contribution in [-0.4, -0.2) is 74.0 Å². The minimum absolute atomic E-state index is 0.125. The van der Waals surface area contributed by atoms with Gasteiger partial charge in [0.15, 0.2) is 0 Å². The molecule has 2 aliphatic heterocycles. The zero-order chi connectivity index (χ0) is 17.2. The van der Waals surface area contributed by atoms with E-state index in [1.165, 1.54) is 0 Å². The summed E-state index contributed by atoms with van der Waals surface area (Å²) in [5.41, 5.74) is 1.96. The second-order valence-electron chi connectivity index (χ2n) is 7.05. The first-order valence-corrected chi connectivity index (χ1v) is 8.51. The smallest absolute Gasteiger partial charge is 0.223 e. The van der Waals surface area contributed by atoms with Crippen LogP contribution in [0.4, 0.5) is 0 Å². The summed E-state index contributed by atoms with van der Waals surface area (Å²) in [6, 6.07) is 0. The third-order valence-corrected chi connectivity index (χ3v) is 5.05. The summed E-state index contributed by atoms with van der Waals surface area (Å²) in [5, 5.41) is 4.04. The molecule has 0 saturated carbocycles. The van der Waals surface area contributed by atoms with Gasteiger partial charge in [-0.3, -0.25) is 9.69 Å². The zero-order valence-electron chi connectivity index (χ0n) is 14.8. The summed E-state index contributed by atoms with van der Waals surface area (Å²) < 4.78 is 16.2. The number of likely N-dealkylation sites (tertiary alicyclic amines) is 1. The molecule has 3 rings (SSSR count). The molecule has 2 saturated heterocycles. The number of hydrogen-bond acceptors (Lipinski definition) is 6. The molecular formula is C17H27N3O4. The maximum atomic E-state index is 12.4. The molecule has 134 valence electrons. The van der Waals surface area contributed by atoms with E-state index in [0.29, 0.717) is 32.8 Å². The average Bonchev–Trinajstić information content (AvgIpc) is 2.93. The fourth-order valence-corrected chi connectivity index (χ4v) is 3.76. The predicted molar refractivity (Wildman–Crippen MR) is 87.6 cm³/mol. The van der Waals surface area contributed by atoms with Crippen LogP contribution in [0.5, 0.6) is 0 Å². The normalized spacial score (nSPS) is 25.6. The summed E-state index contributed by atoms with van der Waals surface area (Å²) in [7, 11) is 1.66. The second kappa shape index (κ2) is 7.21. The van der Waals surface area contributed by atoms with E-state index in [9.17, 15) is 4.79 Å². The van der Waals surface area contributed by atoms with Gasteiger partial charge in [-0.1, -0.05) is 5.16 Å². The topological polar surface area (TPSA) is 68.0 Å². The van der Waals surface area contributed by atoms with Crippen molar-refractivity contribution in [2.24, 2.45) is 5.41 Å². The van der Waals surface area contributed by atoms with Gasteiger partial charge in [0.05, 0.1) is 25.5 Å². The van der Waals surface area contributed by atoms with E-state index in [1.54, 1.807) is 7.11 Å². The van der Waals surface area contributed by atoms with Gasteiger partial charge in [0.25, 0.3) is 0 Å². The van der Waals surface area contributed by atoms with Crippen molar-refractivity contribution >= 4 is 5.91 Å². The standard InChI is InChI=1S/C17H27N3O4/c1-13-15(14(2)24-18-13)9-19-4-7-23-12-17(10-19)8-16(21)20(11-17)5-6-22-3/h4-12H2,1-3H3. The van der Waals surface area contributed by atoms with Crippen LogP contribution in [0.25, 0.3) is 0 Å². The van der Waals surface area contributed by atoms with Crippen LogP contribution in [0.3, 0.4) is 0 Å². The maximum absolute atomic E-state index is 12.4.